The van der Waals surface area contributed by atoms with E-state index in [2.05, 4.69) is 15.0 Å². The Hall–Kier alpha value is -2.96. The van der Waals surface area contributed by atoms with Crippen LogP contribution in [0, 0.1) is 11.6 Å². The molecule has 0 aliphatic carbocycles. The van der Waals surface area contributed by atoms with Crippen molar-refractivity contribution in [1.29, 1.82) is 0 Å². The van der Waals surface area contributed by atoms with E-state index in [1.54, 1.807) is 35.0 Å². The summed E-state index contributed by atoms with van der Waals surface area (Å²) in [7, 11) is 1.24. The summed E-state index contributed by atoms with van der Waals surface area (Å²) in [6.45, 7) is 0. The zero-order valence-electron chi connectivity index (χ0n) is 12.2. The molecule has 0 aliphatic rings. The van der Waals surface area contributed by atoms with Gasteiger partial charge in [0, 0.05) is 30.2 Å². The Kier molecular flexibility index (Phi) is 3.92. The minimum absolute atomic E-state index is 0.000782. The Morgan fingerprint density at radius 3 is 2.91 bits per heavy atom. The van der Waals surface area contributed by atoms with Crippen LogP contribution in [0.3, 0.4) is 0 Å². The van der Waals surface area contributed by atoms with Gasteiger partial charge in [-0.15, -0.1) is 0 Å². The molecule has 0 spiro atoms. The van der Waals surface area contributed by atoms with E-state index in [0.29, 0.717) is 11.3 Å². The number of nitrogens with zero attached hydrogens (tertiary/aromatic N) is 2. The highest BCUT2D eigenvalue weighted by atomic mass is 19.1. The number of halogens is 2. The first-order valence-corrected chi connectivity index (χ1v) is 6.82. The molecule has 3 rings (SSSR count). The highest BCUT2D eigenvalue weighted by Gasteiger charge is 2.14. The second kappa shape index (κ2) is 6.04. The number of carbonyl (C=O) groups is 1. The Labute approximate surface area is 130 Å². The molecule has 118 valence electrons. The van der Waals surface area contributed by atoms with Crippen LogP contribution < -0.4 is 10.1 Å². The minimum atomic E-state index is -0.766. The quantitative estimate of drug-likeness (QED) is 0.805. The molecule has 0 saturated heterocycles. The van der Waals surface area contributed by atoms with Crippen molar-refractivity contribution >= 4 is 17.2 Å². The Morgan fingerprint density at radius 2 is 2.13 bits per heavy atom. The van der Waals surface area contributed by atoms with Crippen molar-refractivity contribution in [3.63, 3.8) is 0 Å². The van der Waals surface area contributed by atoms with Crippen LogP contribution in [-0.2, 0) is 11.2 Å². The second-order valence-electron chi connectivity index (χ2n) is 4.86. The molecule has 1 N–H and O–H groups in total. The zero-order chi connectivity index (χ0) is 16.4. The number of ether oxygens (including phenoxy) is 1. The molecule has 0 bridgehead atoms. The molecule has 0 aliphatic heterocycles. The van der Waals surface area contributed by atoms with E-state index in [1.165, 1.54) is 7.11 Å². The maximum Gasteiger partial charge on any atom is 0.230 e. The molecule has 2 aromatic heterocycles. The third-order valence-corrected chi connectivity index (χ3v) is 3.37. The number of amides is 1. The number of pyridine rings is 1. The van der Waals surface area contributed by atoms with Crippen LogP contribution in [0.4, 0.5) is 14.5 Å². The van der Waals surface area contributed by atoms with Crippen LogP contribution in [0.5, 0.6) is 5.75 Å². The summed E-state index contributed by atoms with van der Waals surface area (Å²) in [6.07, 6.45) is 3.35. The first kappa shape index (κ1) is 15.0. The van der Waals surface area contributed by atoms with Gasteiger partial charge >= 0.3 is 0 Å². The summed E-state index contributed by atoms with van der Waals surface area (Å²) in [5, 5.41) is 2.36. The van der Waals surface area contributed by atoms with Gasteiger partial charge in [-0.3, -0.25) is 4.79 Å². The van der Waals surface area contributed by atoms with Gasteiger partial charge in [0.1, 0.15) is 5.65 Å². The third kappa shape index (κ3) is 2.98. The summed E-state index contributed by atoms with van der Waals surface area (Å²) in [6, 6.07) is 7.13. The summed E-state index contributed by atoms with van der Waals surface area (Å²) in [5.41, 5.74) is 1.16. The molecule has 0 unspecified atom stereocenters. The molecule has 1 aromatic carbocycles. The van der Waals surface area contributed by atoms with Gasteiger partial charge in [-0.1, -0.05) is 6.07 Å². The topological polar surface area (TPSA) is 55.6 Å². The van der Waals surface area contributed by atoms with Crippen molar-refractivity contribution < 1.29 is 18.3 Å². The number of aromatic nitrogens is 2. The predicted octanol–water partition coefficient (Wildman–Crippen LogP) is 2.80. The normalized spacial score (nSPS) is 10.7. The average Bonchev–Trinajstić information content (AvgIpc) is 3.00. The fourth-order valence-electron chi connectivity index (χ4n) is 2.29. The van der Waals surface area contributed by atoms with Crippen molar-refractivity contribution in [3.05, 3.63) is 60.1 Å². The number of hydrogen-bond acceptors (Lipinski definition) is 3. The minimum Gasteiger partial charge on any atom is -0.494 e. The smallest absolute Gasteiger partial charge is 0.230 e. The van der Waals surface area contributed by atoms with Gasteiger partial charge < -0.3 is 14.5 Å². The third-order valence-electron chi connectivity index (χ3n) is 3.37. The van der Waals surface area contributed by atoms with Gasteiger partial charge in [-0.25, -0.2) is 13.8 Å². The highest BCUT2D eigenvalue weighted by Crippen LogP contribution is 2.24. The van der Waals surface area contributed by atoms with Crippen LogP contribution >= 0.6 is 0 Å². The fourth-order valence-corrected chi connectivity index (χ4v) is 2.29. The second-order valence-corrected chi connectivity index (χ2v) is 4.86. The number of hydrogen-bond donors (Lipinski definition) is 1. The highest BCUT2D eigenvalue weighted by molar-refractivity contribution is 5.92. The lowest BCUT2D eigenvalue weighted by atomic mass is 10.2. The number of rotatable bonds is 4. The molecule has 5 nitrogen and oxygen atoms in total. The van der Waals surface area contributed by atoms with Crippen LogP contribution in [0.15, 0.2) is 42.7 Å². The van der Waals surface area contributed by atoms with Crippen LogP contribution in [-0.4, -0.2) is 22.4 Å². The van der Waals surface area contributed by atoms with Crippen molar-refractivity contribution in [2.24, 2.45) is 0 Å². The summed E-state index contributed by atoms with van der Waals surface area (Å²) >= 11 is 0. The van der Waals surface area contributed by atoms with Gasteiger partial charge in [0.05, 0.1) is 19.2 Å². The van der Waals surface area contributed by atoms with Gasteiger partial charge in [0.2, 0.25) is 5.91 Å². The van der Waals surface area contributed by atoms with E-state index in [0.717, 1.165) is 12.1 Å². The number of carbonyl (C=O) groups excluding carboxylic acids is 1. The number of imidazole rings is 1. The maximum atomic E-state index is 13.8. The molecule has 3 aromatic rings. The number of nitrogens with one attached hydrogen (secondary N) is 1. The van der Waals surface area contributed by atoms with Crippen molar-refractivity contribution in [3.8, 4) is 5.75 Å². The van der Waals surface area contributed by atoms with Crippen molar-refractivity contribution in [2.45, 2.75) is 6.42 Å². The fraction of sp³-hybridized carbons (Fsp3) is 0.125. The van der Waals surface area contributed by atoms with Crippen LogP contribution in [0.1, 0.15) is 5.69 Å². The summed E-state index contributed by atoms with van der Waals surface area (Å²) < 4.78 is 33.9. The van der Waals surface area contributed by atoms with E-state index >= 15 is 0 Å². The molecule has 7 heteroatoms. The Balaban J connectivity index is 1.80. The summed E-state index contributed by atoms with van der Waals surface area (Å²) in [5.74, 6) is -2.20. The Bertz CT molecular complexity index is 877. The van der Waals surface area contributed by atoms with Crippen LogP contribution in [0.2, 0.25) is 0 Å². The van der Waals surface area contributed by atoms with Gasteiger partial charge in [-0.2, -0.15) is 0 Å². The predicted molar refractivity (Wildman–Crippen MR) is 80.4 cm³/mol. The number of benzene rings is 1. The molecule has 0 radical (unpaired) electrons. The van der Waals surface area contributed by atoms with Gasteiger partial charge in [0.15, 0.2) is 17.4 Å². The lowest BCUT2D eigenvalue weighted by Gasteiger charge is -2.10. The van der Waals surface area contributed by atoms with Crippen molar-refractivity contribution in [2.75, 3.05) is 12.4 Å². The maximum absolute atomic E-state index is 13.8. The SMILES string of the molecule is COc1cc(F)c(NC(=O)Cc2cccc3nccn23)cc1F. The average molecular weight is 317 g/mol. The Morgan fingerprint density at radius 1 is 1.30 bits per heavy atom. The zero-order valence-corrected chi connectivity index (χ0v) is 12.2. The van der Waals surface area contributed by atoms with E-state index in [-0.39, 0.29) is 17.9 Å². The summed E-state index contributed by atoms with van der Waals surface area (Å²) in [4.78, 5) is 16.2. The lowest BCUT2D eigenvalue weighted by Crippen LogP contribution is -2.17. The number of anilines is 1. The molecule has 23 heavy (non-hydrogen) atoms. The lowest BCUT2D eigenvalue weighted by molar-refractivity contribution is -0.115. The number of methoxy groups -OCH3 is 1. The molecule has 1 amide bonds. The largest absolute Gasteiger partial charge is 0.494 e. The standard InChI is InChI=1S/C16H13F2N3O2/c1-23-14-9-11(17)13(8-12(14)18)20-16(22)7-10-3-2-4-15-19-5-6-21(10)15/h2-6,8-9H,7H2,1H3,(H,20,22). The van der Waals surface area contributed by atoms with E-state index in [4.69, 9.17) is 0 Å². The molecule has 0 saturated carbocycles. The van der Waals surface area contributed by atoms with E-state index in [1.807, 2.05) is 0 Å². The van der Waals surface area contributed by atoms with Gasteiger partial charge in [-0.05, 0) is 12.1 Å². The molecule has 0 atom stereocenters. The van der Waals surface area contributed by atoms with E-state index in [9.17, 15) is 13.6 Å². The molecular weight excluding hydrogens is 304 g/mol. The first-order valence-electron chi connectivity index (χ1n) is 6.82. The van der Waals surface area contributed by atoms with Gasteiger partial charge in [0.25, 0.3) is 0 Å². The molecular formula is C16H13F2N3O2. The van der Waals surface area contributed by atoms with E-state index < -0.39 is 17.5 Å². The number of fused-ring (bicyclic) bond motifs is 1. The van der Waals surface area contributed by atoms with Crippen molar-refractivity contribution in [1.82, 2.24) is 9.38 Å². The first-order chi connectivity index (χ1) is 11.1. The molecule has 2 heterocycles. The van der Waals surface area contributed by atoms with Crippen LogP contribution in [0.25, 0.3) is 5.65 Å². The monoisotopic (exact) mass is 317 g/mol. The molecule has 0 fully saturated rings.